The predicted molar refractivity (Wildman–Crippen MR) is 74.2 cm³/mol. The summed E-state index contributed by atoms with van der Waals surface area (Å²) < 4.78 is 0.996. The van der Waals surface area contributed by atoms with Crippen molar-refractivity contribution >= 4 is 27.5 Å². The Hall–Kier alpha value is -1.07. The number of benzene rings is 1. The van der Waals surface area contributed by atoms with Crippen molar-refractivity contribution in [3.05, 3.63) is 28.7 Å². The molecule has 0 aliphatic rings. The molecule has 0 saturated carbocycles. The van der Waals surface area contributed by atoms with Crippen molar-refractivity contribution < 1.29 is 4.79 Å². The first kappa shape index (κ1) is 14.0. The summed E-state index contributed by atoms with van der Waals surface area (Å²) in [5, 5.41) is 5.91. The van der Waals surface area contributed by atoms with E-state index in [1.165, 1.54) is 0 Å². The summed E-state index contributed by atoms with van der Waals surface area (Å²) in [7, 11) is 3.96. The molecule has 0 heterocycles. The minimum absolute atomic E-state index is 0.00632. The third-order valence-corrected chi connectivity index (χ3v) is 2.65. The first-order valence-corrected chi connectivity index (χ1v) is 6.28. The Morgan fingerprint density at radius 3 is 2.82 bits per heavy atom. The summed E-state index contributed by atoms with van der Waals surface area (Å²) in [6, 6.07) is 7.74. The van der Waals surface area contributed by atoms with Crippen LogP contribution in [0.15, 0.2) is 28.7 Å². The van der Waals surface area contributed by atoms with Crippen LogP contribution in [0.4, 0.5) is 5.69 Å². The number of hydrogen-bond acceptors (Lipinski definition) is 3. The molecule has 94 valence electrons. The van der Waals surface area contributed by atoms with Crippen molar-refractivity contribution in [2.45, 2.75) is 0 Å². The van der Waals surface area contributed by atoms with Crippen LogP contribution < -0.4 is 10.6 Å². The van der Waals surface area contributed by atoms with Crippen molar-refractivity contribution in [3.63, 3.8) is 0 Å². The lowest BCUT2D eigenvalue weighted by Crippen LogP contribution is -2.34. The van der Waals surface area contributed by atoms with Gasteiger partial charge in [0.1, 0.15) is 0 Å². The van der Waals surface area contributed by atoms with Gasteiger partial charge in [-0.05, 0) is 32.3 Å². The van der Waals surface area contributed by atoms with Gasteiger partial charge in [-0.1, -0.05) is 22.0 Å². The Kier molecular flexibility index (Phi) is 6.00. The molecule has 0 fully saturated rings. The molecule has 0 atom stereocenters. The van der Waals surface area contributed by atoms with Crippen LogP contribution in [0.5, 0.6) is 0 Å². The summed E-state index contributed by atoms with van der Waals surface area (Å²) in [5.41, 5.74) is 0.933. The van der Waals surface area contributed by atoms with Crippen LogP contribution in [0.25, 0.3) is 0 Å². The van der Waals surface area contributed by atoms with Crippen LogP contribution in [-0.2, 0) is 4.79 Å². The van der Waals surface area contributed by atoms with E-state index < -0.39 is 0 Å². The minimum atomic E-state index is 0.00632. The smallest absolute Gasteiger partial charge is 0.239 e. The van der Waals surface area contributed by atoms with E-state index in [2.05, 4.69) is 26.6 Å². The fourth-order valence-electron chi connectivity index (χ4n) is 1.26. The molecule has 1 aromatic rings. The second kappa shape index (κ2) is 7.29. The molecule has 0 spiro atoms. The largest absolute Gasteiger partial charge is 0.376 e. The Labute approximate surface area is 111 Å². The van der Waals surface area contributed by atoms with E-state index >= 15 is 0 Å². The third-order valence-electron chi connectivity index (χ3n) is 2.16. The molecule has 1 amide bonds. The number of anilines is 1. The van der Waals surface area contributed by atoms with E-state index in [-0.39, 0.29) is 5.91 Å². The standard InChI is InChI=1S/C12H18BrN3O/c1-16(2)7-6-14-12(17)9-15-11-5-3-4-10(13)8-11/h3-5,8,15H,6-7,9H2,1-2H3,(H,14,17). The van der Waals surface area contributed by atoms with Crippen molar-refractivity contribution in [2.24, 2.45) is 0 Å². The first-order chi connectivity index (χ1) is 8.08. The number of rotatable bonds is 6. The van der Waals surface area contributed by atoms with Crippen LogP contribution in [0, 0.1) is 0 Å². The maximum absolute atomic E-state index is 11.5. The SMILES string of the molecule is CN(C)CCNC(=O)CNc1cccc(Br)c1. The lowest BCUT2D eigenvalue weighted by atomic mass is 10.3. The zero-order valence-electron chi connectivity index (χ0n) is 10.2. The number of nitrogens with zero attached hydrogens (tertiary/aromatic N) is 1. The lowest BCUT2D eigenvalue weighted by Gasteiger charge is -2.11. The van der Waals surface area contributed by atoms with Gasteiger partial charge in [-0.3, -0.25) is 4.79 Å². The molecular weight excluding hydrogens is 282 g/mol. The summed E-state index contributed by atoms with van der Waals surface area (Å²) in [4.78, 5) is 13.5. The van der Waals surface area contributed by atoms with Crippen LogP contribution in [0.1, 0.15) is 0 Å². The number of halogens is 1. The van der Waals surface area contributed by atoms with Gasteiger partial charge < -0.3 is 15.5 Å². The summed E-state index contributed by atoms with van der Waals surface area (Å²) in [5.74, 6) is 0.00632. The fraction of sp³-hybridized carbons (Fsp3) is 0.417. The van der Waals surface area contributed by atoms with Gasteiger partial charge in [-0.2, -0.15) is 0 Å². The number of nitrogens with one attached hydrogen (secondary N) is 2. The average molecular weight is 300 g/mol. The summed E-state index contributed by atoms with van der Waals surface area (Å²) >= 11 is 3.38. The molecule has 2 N–H and O–H groups in total. The molecule has 0 aliphatic heterocycles. The number of carbonyl (C=O) groups excluding carboxylic acids is 1. The van der Waals surface area contributed by atoms with Gasteiger partial charge in [0.05, 0.1) is 6.54 Å². The van der Waals surface area contributed by atoms with Gasteiger partial charge in [-0.15, -0.1) is 0 Å². The molecule has 0 aromatic heterocycles. The Bertz CT molecular complexity index is 369. The van der Waals surface area contributed by atoms with Crippen LogP contribution in [-0.4, -0.2) is 44.5 Å². The average Bonchev–Trinajstić information content (AvgIpc) is 2.26. The second-order valence-corrected chi connectivity index (χ2v) is 4.93. The molecule has 17 heavy (non-hydrogen) atoms. The number of carbonyl (C=O) groups is 1. The quantitative estimate of drug-likeness (QED) is 0.837. The van der Waals surface area contributed by atoms with E-state index in [4.69, 9.17) is 0 Å². The molecule has 0 unspecified atom stereocenters. The highest BCUT2D eigenvalue weighted by Crippen LogP contribution is 2.14. The van der Waals surface area contributed by atoms with Gasteiger partial charge >= 0.3 is 0 Å². The van der Waals surface area contributed by atoms with Gasteiger partial charge in [0.25, 0.3) is 0 Å². The van der Waals surface area contributed by atoms with E-state index in [9.17, 15) is 4.79 Å². The van der Waals surface area contributed by atoms with E-state index in [1.54, 1.807) is 0 Å². The molecule has 0 saturated heterocycles. The van der Waals surface area contributed by atoms with Gasteiger partial charge in [-0.25, -0.2) is 0 Å². The topological polar surface area (TPSA) is 44.4 Å². The first-order valence-electron chi connectivity index (χ1n) is 5.49. The maximum Gasteiger partial charge on any atom is 0.239 e. The number of likely N-dealkylation sites (N-methyl/N-ethyl adjacent to an activating group) is 1. The molecular formula is C12H18BrN3O. The van der Waals surface area contributed by atoms with Gasteiger partial charge in [0.15, 0.2) is 0 Å². The zero-order valence-corrected chi connectivity index (χ0v) is 11.8. The molecule has 1 aromatic carbocycles. The molecule has 4 nitrogen and oxygen atoms in total. The maximum atomic E-state index is 11.5. The third kappa shape index (κ3) is 6.28. The minimum Gasteiger partial charge on any atom is -0.376 e. The normalized spacial score (nSPS) is 10.4. The van der Waals surface area contributed by atoms with Crippen LogP contribution >= 0.6 is 15.9 Å². The van der Waals surface area contributed by atoms with Gasteiger partial charge in [0.2, 0.25) is 5.91 Å². The van der Waals surface area contributed by atoms with Crippen molar-refractivity contribution in [1.82, 2.24) is 10.2 Å². The Morgan fingerprint density at radius 1 is 1.41 bits per heavy atom. The highest BCUT2D eigenvalue weighted by atomic mass is 79.9. The monoisotopic (exact) mass is 299 g/mol. The molecule has 1 rings (SSSR count). The van der Waals surface area contributed by atoms with E-state index in [0.29, 0.717) is 13.1 Å². The van der Waals surface area contributed by atoms with Crippen LogP contribution in [0.2, 0.25) is 0 Å². The molecule has 0 aliphatic carbocycles. The van der Waals surface area contributed by atoms with E-state index in [1.807, 2.05) is 43.3 Å². The number of hydrogen-bond donors (Lipinski definition) is 2. The summed E-state index contributed by atoms with van der Waals surface area (Å²) in [6.45, 7) is 1.82. The molecule has 5 heteroatoms. The highest BCUT2D eigenvalue weighted by molar-refractivity contribution is 9.10. The van der Waals surface area contributed by atoms with E-state index in [0.717, 1.165) is 16.7 Å². The van der Waals surface area contributed by atoms with Gasteiger partial charge in [0, 0.05) is 23.2 Å². The Morgan fingerprint density at radius 2 is 2.18 bits per heavy atom. The van der Waals surface area contributed by atoms with Crippen molar-refractivity contribution in [2.75, 3.05) is 39.0 Å². The fourth-order valence-corrected chi connectivity index (χ4v) is 1.66. The lowest BCUT2D eigenvalue weighted by molar-refractivity contribution is -0.119. The zero-order chi connectivity index (χ0) is 12.7. The summed E-state index contributed by atoms with van der Waals surface area (Å²) in [6.07, 6.45) is 0. The highest BCUT2D eigenvalue weighted by Gasteiger charge is 2.00. The predicted octanol–water partition coefficient (Wildman–Crippen LogP) is 1.54. The van der Waals surface area contributed by atoms with Crippen LogP contribution in [0.3, 0.4) is 0 Å². The van der Waals surface area contributed by atoms with Crippen molar-refractivity contribution in [3.8, 4) is 0 Å². The molecule has 0 bridgehead atoms. The number of amides is 1. The van der Waals surface area contributed by atoms with Crippen molar-refractivity contribution in [1.29, 1.82) is 0 Å². The Balaban J connectivity index is 2.24. The molecule has 0 radical (unpaired) electrons. The second-order valence-electron chi connectivity index (χ2n) is 4.02.